The van der Waals surface area contributed by atoms with E-state index in [0.29, 0.717) is 0 Å². The summed E-state index contributed by atoms with van der Waals surface area (Å²) in [7, 11) is 0. The second-order valence-electron chi connectivity index (χ2n) is 8.00. The maximum absolute atomic E-state index is 4.60. The van der Waals surface area contributed by atoms with Crippen LogP contribution in [-0.2, 0) is 5.41 Å². The standard InChI is InChI=1S/C30H21N/c1-2-12-23(13-3-1)30(24-14-10-11-22(21-24)29-19-8-9-20-31-29)27-17-6-4-15-25(27)26-16-5-7-18-28(26)30/h1-21H. The molecule has 1 heteroatoms. The quantitative estimate of drug-likeness (QED) is 0.311. The third-order valence-corrected chi connectivity index (χ3v) is 6.42. The normalized spacial score (nSPS) is 13.4. The van der Waals surface area contributed by atoms with E-state index in [4.69, 9.17) is 0 Å². The van der Waals surface area contributed by atoms with Gasteiger partial charge in [-0.3, -0.25) is 4.98 Å². The highest BCUT2D eigenvalue weighted by atomic mass is 14.7. The minimum Gasteiger partial charge on any atom is -0.256 e. The lowest BCUT2D eigenvalue weighted by Crippen LogP contribution is -2.28. The van der Waals surface area contributed by atoms with Crippen LogP contribution in [0.15, 0.2) is 128 Å². The molecule has 1 nitrogen and oxygen atoms in total. The largest absolute Gasteiger partial charge is 0.256 e. The fraction of sp³-hybridized carbons (Fsp3) is 0.0333. The van der Waals surface area contributed by atoms with Crippen molar-refractivity contribution in [2.75, 3.05) is 0 Å². The predicted molar refractivity (Wildman–Crippen MR) is 127 cm³/mol. The van der Waals surface area contributed by atoms with Gasteiger partial charge in [-0.15, -0.1) is 0 Å². The first kappa shape index (κ1) is 17.9. The Morgan fingerprint density at radius 3 is 1.77 bits per heavy atom. The van der Waals surface area contributed by atoms with E-state index >= 15 is 0 Å². The lowest BCUT2D eigenvalue weighted by molar-refractivity contribution is 0.769. The molecule has 0 N–H and O–H groups in total. The average molecular weight is 396 g/mol. The van der Waals surface area contributed by atoms with Crippen LogP contribution in [0.25, 0.3) is 22.4 Å². The Hall–Kier alpha value is -3.97. The number of benzene rings is 4. The molecule has 1 aromatic heterocycles. The van der Waals surface area contributed by atoms with E-state index in [9.17, 15) is 0 Å². The van der Waals surface area contributed by atoms with Gasteiger partial charge in [0.1, 0.15) is 0 Å². The summed E-state index contributed by atoms with van der Waals surface area (Å²) in [5, 5.41) is 0. The summed E-state index contributed by atoms with van der Waals surface area (Å²) in [5.41, 5.74) is 9.60. The fourth-order valence-corrected chi connectivity index (χ4v) is 5.16. The molecule has 1 aliphatic rings. The van der Waals surface area contributed by atoms with Gasteiger partial charge in [0.15, 0.2) is 0 Å². The summed E-state index contributed by atoms with van der Waals surface area (Å²) in [4.78, 5) is 4.60. The smallest absolute Gasteiger partial charge is 0.0713 e. The first-order valence-electron chi connectivity index (χ1n) is 10.7. The van der Waals surface area contributed by atoms with E-state index in [1.165, 1.54) is 33.4 Å². The lowest BCUT2D eigenvalue weighted by Gasteiger charge is -2.34. The molecule has 31 heavy (non-hydrogen) atoms. The highest BCUT2D eigenvalue weighted by Gasteiger charge is 2.45. The van der Waals surface area contributed by atoms with Gasteiger partial charge in [0.05, 0.1) is 11.1 Å². The monoisotopic (exact) mass is 395 g/mol. The zero-order valence-electron chi connectivity index (χ0n) is 17.1. The summed E-state index contributed by atoms with van der Waals surface area (Å²) in [5.74, 6) is 0. The molecule has 1 aliphatic carbocycles. The number of hydrogen-bond acceptors (Lipinski definition) is 1. The molecule has 1 heterocycles. The van der Waals surface area contributed by atoms with Gasteiger partial charge in [-0.25, -0.2) is 0 Å². The molecule has 0 radical (unpaired) electrons. The van der Waals surface area contributed by atoms with Gasteiger partial charge in [-0.1, -0.05) is 103 Å². The number of pyridine rings is 1. The second-order valence-corrected chi connectivity index (χ2v) is 8.00. The molecular formula is C30H21N. The maximum Gasteiger partial charge on any atom is 0.0713 e. The number of hydrogen-bond donors (Lipinski definition) is 0. The Labute approximate surface area is 182 Å². The number of rotatable bonds is 3. The molecule has 0 saturated heterocycles. The molecule has 0 amide bonds. The molecular weight excluding hydrogens is 374 g/mol. The van der Waals surface area contributed by atoms with E-state index in [1.54, 1.807) is 0 Å². The molecule has 0 unspecified atom stereocenters. The van der Waals surface area contributed by atoms with Crippen LogP contribution >= 0.6 is 0 Å². The van der Waals surface area contributed by atoms with Crippen LogP contribution in [0.2, 0.25) is 0 Å². The molecule has 146 valence electrons. The zero-order chi connectivity index (χ0) is 20.7. The van der Waals surface area contributed by atoms with Crippen molar-refractivity contribution < 1.29 is 0 Å². The van der Waals surface area contributed by atoms with Crippen molar-refractivity contribution in [3.63, 3.8) is 0 Å². The van der Waals surface area contributed by atoms with Crippen LogP contribution < -0.4 is 0 Å². The average Bonchev–Trinajstić information content (AvgIpc) is 3.17. The van der Waals surface area contributed by atoms with Crippen LogP contribution in [0.3, 0.4) is 0 Å². The SMILES string of the molecule is c1ccc(C2(c3cccc(-c4ccccn4)c3)c3ccccc3-c3ccccc32)cc1. The summed E-state index contributed by atoms with van der Waals surface area (Å²) in [6.45, 7) is 0. The van der Waals surface area contributed by atoms with E-state index < -0.39 is 0 Å². The van der Waals surface area contributed by atoms with Crippen LogP contribution in [0.5, 0.6) is 0 Å². The van der Waals surface area contributed by atoms with E-state index in [2.05, 4.69) is 114 Å². The van der Waals surface area contributed by atoms with Gasteiger partial charge in [-0.05, 0) is 51.6 Å². The van der Waals surface area contributed by atoms with Gasteiger partial charge >= 0.3 is 0 Å². The summed E-state index contributed by atoms with van der Waals surface area (Å²) in [6, 6.07) is 43.5. The maximum atomic E-state index is 4.60. The van der Waals surface area contributed by atoms with Crippen molar-refractivity contribution in [2.24, 2.45) is 0 Å². The van der Waals surface area contributed by atoms with Crippen molar-refractivity contribution in [1.82, 2.24) is 4.98 Å². The van der Waals surface area contributed by atoms with Crippen LogP contribution in [0, 0.1) is 0 Å². The van der Waals surface area contributed by atoms with Crippen molar-refractivity contribution in [2.45, 2.75) is 5.41 Å². The molecule has 6 rings (SSSR count). The van der Waals surface area contributed by atoms with Crippen LogP contribution in [-0.4, -0.2) is 4.98 Å². The van der Waals surface area contributed by atoms with Gasteiger partial charge < -0.3 is 0 Å². The molecule has 0 bridgehead atoms. The number of fused-ring (bicyclic) bond motifs is 3. The third-order valence-electron chi connectivity index (χ3n) is 6.42. The Morgan fingerprint density at radius 1 is 0.484 bits per heavy atom. The predicted octanol–water partition coefficient (Wildman–Crippen LogP) is 7.11. The highest BCUT2D eigenvalue weighted by molar-refractivity contribution is 5.86. The van der Waals surface area contributed by atoms with Crippen molar-refractivity contribution in [1.29, 1.82) is 0 Å². The van der Waals surface area contributed by atoms with Crippen LogP contribution in [0.1, 0.15) is 22.3 Å². The molecule has 0 fully saturated rings. The van der Waals surface area contributed by atoms with Crippen molar-refractivity contribution in [3.8, 4) is 22.4 Å². The van der Waals surface area contributed by atoms with E-state index in [-0.39, 0.29) is 5.41 Å². The summed E-state index contributed by atoms with van der Waals surface area (Å²) >= 11 is 0. The minimum atomic E-state index is -0.362. The van der Waals surface area contributed by atoms with Crippen molar-refractivity contribution in [3.05, 3.63) is 150 Å². The van der Waals surface area contributed by atoms with Crippen molar-refractivity contribution >= 4 is 0 Å². The van der Waals surface area contributed by atoms with Crippen LogP contribution in [0.4, 0.5) is 0 Å². The first-order chi connectivity index (χ1) is 15.4. The molecule has 0 atom stereocenters. The van der Waals surface area contributed by atoms with Gasteiger partial charge in [0.25, 0.3) is 0 Å². The molecule has 0 spiro atoms. The Kier molecular flexibility index (Phi) is 4.07. The minimum absolute atomic E-state index is 0.362. The number of aromatic nitrogens is 1. The first-order valence-corrected chi connectivity index (χ1v) is 10.7. The van der Waals surface area contributed by atoms with Gasteiger partial charge in [-0.2, -0.15) is 0 Å². The fourth-order valence-electron chi connectivity index (χ4n) is 5.16. The molecule has 0 saturated carbocycles. The summed E-state index contributed by atoms with van der Waals surface area (Å²) in [6.07, 6.45) is 1.86. The topological polar surface area (TPSA) is 12.9 Å². The molecule has 0 aliphatic heterocycles. The van der Waals surface area contributed by atoms with E-state index in [1.807, 2.05) is 18.3 Å². The molecule has 4 aromatic carbocycles. The Morgan fingerprint density at radius 2 is 1.10 bits per heavy atom. The van der Waals surface area contributed by atoms with E-state index in [0.717, 1.165) is 11.3 Å². The third kappa shape index (κ3) is 2.60. The zero-order valence-corrected chi connectivity index (χ0v) is 17.1. The summed E-state index contributed by atoms with van der Waals surface area (Å²) < 4.78 is 0. The second kappa shape index (κ2) is 7.07. The molecule has 5 aromatic rings. The Bertz CT molecular complexity index is 1320. The highest BCUT2D eigenvalue weighted by Crippen LogP contribution is 2.56. The van der Waals surface area contributed by atoms with Gasteiger partial charge in [0.2, 0.25) is 0 Å². The number of nitrogens with zero attached hydrogens (tertiary/aromatic N) is 1. The van der Waals surface area contributed by atoms with Gasteiger partial charge in [0, 0.05) is 11.8 Å². The Balaban J connectivity index is 1.72. The lowest BCUT2D eigenvalue weighted by atomic mass is 9.67.